The number of carbonyl (C=O) groups is 1. The molecule has 1 fully saturated rings. The van der Waals surface area contributed by atoms with E-state index in [2.05, 4.69) is 5.32 Å². The topological polar surface area (TPSA) is 64.3 Å². The first-order valence-electron chi connectivity index (χ1n) is 5.08. The third kappa shape index (κ3) is 4.36. The predicted octanol–water partition coefficient (Wildman–Crippen LogP) is 0.419. The summed E-state index contributed by atoms with van der Waals surface area (Å²) in [4.78, 5) is 11.4. The van der Waals surface area contributed by atoms with Gasteiger partial charge in [0, 0.05) is 19.0 Å². The molecule has 0 bridgehead atoms. The molecule has 3 N–H and O–H groups in total. The Kier molecular flexibility index (Phi) is 4.55. The number of rotatable bonds is 4. The summed E-state index contributed by atoms with van der Waals surface area (Å²) < 4.78 is 40.4. The fourth-order valence-electron chi connectivity index (χ4n) is 1.47. The number of carbonyl (C=O) groups excluding carboxylic acids is 1. The number of halogens is 3. The van der Waals surface area contributed by atoms with Crippen LogP contribution in [0.3, 0.4) is 0 Å². The van der Waals surface area contributed by atoms with Crippen molar-refractivity contribution in [2.75, 3.05) is 19.8 Å². The lowest BCUT2D eigenvalue weighted by molar-refractivity contribution is -0.136. The normalized spacial score (nSPS) is 25.8. The maximum absolute atomic E-state index is 11.8. The Morgan fingerprint density at radius 2 is 2.12 bits per heavy atom. The summed E-state index contributed by atoms with van der Waals surface area (Å²) in [6, 6.07) is -0.359. The number of hydrogen-bond donors (Lipinski definition) is 2. The minimum Gasteiger partial charge on any atom is -0.379 e. The second kappa shape index (κ2) is 5.49. The van der Waals surface area contributed by atoms with Crippen LogP contribution in [0, 0.1) is 5.92 Å². The zero-order chi connectivity index (χ0) is 12.2. The summed E-state index contributed by atoms with van der Waals surface area (Å²) in [5.74, 6) is -0.766. The van der Waals surface area contributed by atoms with E-state index in [-0.39, 0.29) is 31.5 Å². The molecule has 1 rings (SSSR count). The molecule has 1 heterocycles. The van der Waals surface area contributed by atoms with Gasteiger partial charge >= 0.3 is 6.18 Å². The lowest BCUT2D eigenvalue weighted by Gasteiger charge is -2.13. The van der Waals surface area contributed by atoms with E-state index < -0.39 is 18.5 Å². The van der Waals surface area contributed by atoms with E-state index in [0.717, 1.165) is 0 Å². The molecule has 0 aromatic heterocycles. The molecule has 0 aliphatic carbocycles. The molecule has 4 nitrogen and oxygen atoms in total. The van der Waals surface area contributed by atoms with Crippen LogP contribution in [0.15, 0.2) is 0 Å². The highest BCUT2D eigenvalue weighted by atomic mass is 19.4. The molecular formula is C9H15F3N2O2. The summed E-state index contributed by atoms with van der Waals surface area (Å²) in [6.45, 7) is 0.578. The van der Waals surface area contributed by atoms with Gasteiger partial charge in [0.2, 0.25) is 5.91 Å². The van der Waals surface area contributed by atoms with Crippen LogP contribution < -0.4 is 11.1 Å². The average Bonchev–Trinajstić information content (AvgIpc) is 2.57. The maximum atomic E-state index is 11.8. The van der Waals surface area contributed by atoms with Crippen LogP contribution in [0.1, 0.15) is 12.8 Å². The van der Waals surface area contributed by atoms with E-state index in [4.69, 9.17) is 10.5 Å². The van der Waals surface area contributed by atoms with Gasteiger partial charge in [-0.2, -0.15) is 13.2 Å². The fourth-order valence-corrected chi connectivity index (χ4v) is 1.47. The van der Waals surface area contributed by atoms with Crippen molar-refractivity contribution in [3.05, 3.63) is 0 Å². The smallest absolute Gasteiger partial charge is 0.379 e. The zero-order valence-corrected chi connectivity index (χ0v) is 8.72. The van der Waals surface area contributed by atoms with Crippen molar-refractivity contribution in [3.8, 4) is 0 Å². The number of amides is 1. The van der Waals surface area contributed by atoms with Crippen LogP contribution >= 0.6 is 0 Å². The predicted molar refractivity (Wildman–Crippen MR) is 50.6 cm³/mol. The van der Waals surface area contributed by atoms with E-state index in [1.165, 1.54) is 0 Å². The van der Waals surface area contributed by atoms with Crippen LogP contribution in [-0.2, 0) is 9.53 Å². The Morgan fingerprint density at radius 3 is 2.62 bits per heavy atom. The van der Waals surface area contributed by atoms with Crippen molar-refractivity contribution >= 4 is 5.91 Å². The van der Waals surface area contributed by atoms with Gasteiger partial charge in [0.05, 0.1) is 19.1 Å². The minimum atomic E-state index is -4.17. The Hall–Kier alpha value is -0.820. The number of nitrogens with two attached hydrogens (primary N) is 1. The Balaban J connectivity index is 2.15. The molecule has 94 valence electrons. The van der Waals surface area contributed by atoms with Gasteiger partial charge in [-0.25, -0.2) is 0 Å². The standard InChI is InChI=1S/C9H15F3N2O2/c10-9(11,12)2-1-3-14-8(15)6-4-16-5-7(6)13/h6-7H,1-5,13H2,(H,14,15). The van der Waals surface area contributed by atoms with Crippen molar-refractivity contribution in [3.63, 3.8) is 0 Å². The molecule has 0 spiro atoms. The van der Waals surface area contributed by atoms with Gasteiger partial charge in [-0.1, -0.05) is 0 Å². The monoisotopic (exact) mass is 240 g/mol. The van der Waals surface area contributed by atoms with E-state index in [1.54, 1.807) is 0 Å². The first kappa shape index (κ1) is 13.2. The number of nitrogens with one attached hydrogen (secondary N) is 1. The molecule has 1 amide bonds. The number of hydrogen-bond acceptors (Lipinski definition) is 3. The molecule has 2 atom stereocenters. The highest BCUT2D eigenvalue weighted by Crippen LogP contribution is 2.20. The SMILES string of the molecule is NC1COCC1C(=O)NCCCC(F)(F)F. The highest BCUT2D eigenvalue weighted by molar-refractivity contribution is 5.79. The fraction of sp³-hybridized carbons (Fsp3) is 0.889. The molecule has 0 saturated carbocycles. The molecule has 2 unspecified atom stereocenters. The molecule has 16 heavy (non-hydrogen) atoms. The summed E-state index contributed by atoms with van der Waals surface area (Å²) in [5, 5.41) is 2.43. The zero-order valence-electron chi connectivity index (χ0n) is 8.72. The summed E-state index contributed by atoms with van der Waals surface area (Å²) in [7, 11) is 0. The summed E-state index contributed by atoms with van der Waals surface area (Å²) >= 11 is 0. The minimum absolute atomic E-state index is 0.0154. The summed E-state index contributed by atoms with van der Waals surface area (Å²) in [5.41, 5.74) is 5.59. The van der Waals surface area contributed by atoms with Crippen LogP contribution in [0.5, 0.6) is 0 Å². The van der Waals surface area contributed by atoms with Gasteiger partial charge in [-0.3, -0.25) is 4.79 Å². The number of ether oxygens (including phenoxy) is 1. The second-order valence-electron chi connectivity index (χ2n) is 3.82. The third-order valence-corrected chi connectivity index (χ3v) is 2.40. The highest BCUT2D eigenvalue weighted by Gasteiger charge is 2.31. The van der Waals surface area contributed by atoms with Gasteiger partial charge in [0.15, 0.2) is 0 Å². The largest absolute Gasteiger partial charge is 0.389 e. The molecule has 0 radical (unpaired) electrons. The van der Waals surface area contributed by atoms with Gasteiger partial charge in [0.1, 0.15) is 0 Å². The third-order valence-electron chi connectivity index (χ3n) is 2.40. The number of alkyl halides is 3. The molecular weight excluding hydrogens is 225 g/mol. The van der Waals surface area contributed by atoms with Crippen LogP contribution in [0.4, 0.5) is 13.2 Å². The molecule has 1 saturated heterocycles. The van der Waals surface area contributed by atoms with Crippen molar-refractivity contribution in [2.24, 2.45) is 11.7 Å². The quantitative estimate of drug-likeness (QED) is 0.700. The first-order valence-corrected chi connectivity index (χ1v) is 5.08. The van der Waals surface area contributed by atoms with Crippen molar-refractivity contribution in [1.29, 1.82) is 0 Å². The Morgan fingerprint density at radius 1 is 1.44 bits per heavy atom. The average molecular weight is 240 g/mol. The first-order chi connectivity index (χ1) is 7.40. The van der Waals surface area contributed by atoms with Crippen LogP contribution in [0.25, 0.3) is 0 Å². The van der Waals surface area contributed by atoms with Gasteiger partial charge in [-0.05, 0) is 6.42 Å². The van der Waals surface area contributed by atoms with Crippen LogP contribution in [0.2, 0.25) is 0 Å². The lowest BCUT2D eigenvalue weighted by atomic mass is 10.0. The summed E-state index contributed by atoms with van der Waals surface area (Å²) in [6.07, 6.45) is -5.17. The van der Waals surface area contributed by atoms with Gasteiger partial charge in [-0.15, -0.1) is 0 Å². The van der Waals surface area contributed by atoms with Crippen molar-refractivity contribution in [2.45, 2.75) is 25.1 Å². The van der Waals surface area contributed by atoms with Gasteiger partial charge < -0.3 is 15.8 Å². The van der Waals surface area contributed by atoms with Gasteiger partial charge in [0.25, 0.3) is 0 Å². The van der Waals surface area contributed by atoms with Crippen molar-refractivity contribution < 1.29 is 22.7 Å². The molecule has 1 aliphatic rings. The molecule has 0 aromatic rings. The van der Waals surface area contributed by atoms with E-state index in [1.807, 2.05) is 0 Å². The van der Waals surface area contributed by atoms with E-state index >= 15 is 0 Å². The van der Waals surface area contributed by atoms with Crippen molar-refractivity contribution in [1.82, 2.24) is 5.32 Å². The molecule has 0 aromatic carbocycles. The van der Waals surface area contributed by atoms with E-state index in [0.29, 0.717) is 6.61 Å². The Labute approximate surface area is 91.3 Å². The van der Waals surface area contributed by atoms with E-state index in [9.17, 15) is 18.0 Å². The lowest BCUT2D eigenvalue weighted by Crippen LogP contribution is -2.41. The molecule has 1 aliphatic heterocycles. The maximum Gasteiger partial charge on any atom is 0.389 e. The van der Waals surface area contributed by atoms with Crippen LogP contribution in [-0.4, -0.2) is 37.9 Å². The second-order valence-corrected chi connectivity index (χ2v) is 3.82. The molecule has 7 heteroatoms. The Bertz CT molecular complexity index is 245.